The van der Waals surface area contributed by atoms with Crippen LogP contribution in [0.1, 0.15) is 58.1 Å². The lowest BCUT2D eigenvalue weighted by molar-refractivity contribution is 0.294. The average molecular weight is 313 g/mol. The van der Waals surface area contributed by atoms with Gasteiger partial charge in [-0.1, -0.05) is 26.2 Å². The molecule has 1 aromatic rings. The molecular formula is C15H27N3O2S. The van der Waals surface area contributed by atoms with Gasteiger partial charge < -0.3 is 10.3 Å². The third-order valence-electron chi connectivity index (χ3n) is 4.11. The maximum absolute atomic E-state index is 12.5. The zero-order valence-corrected chi connectivity index (χ0v) is 13.9. The maximum Gasteiger partial charge on any atom is 0.242 e. The fourth-order valence-electron chi connectivity index (χ4n) is 2.89. The number of sulfonamides is 1. The van der Waals surface area contributed by atoms with Crippen LogP contribution >= 0.6 is 0 Å². The number of aromatic amines is 1. The fourth-order valence-corrected chi connectivity index (χ4v) is 4.38. The van der Waals surface area contributed by atoms with Crippen molar-refractivity contribution < 1.29 is 8.42 Å². The minimum absolute atomic E-state index is 0.297. The Balaban J connectivity index is 2.02. The van der Waals surface area contributed by atoms with E-state index in [0.29, 0.717) is 11.4 Å². The van der Waals surface area contributed by atoms with Crippen molar-refractivity contribution in [3.05, 3.63) is 18.0 Å². The van der Waals surface area contributed by atoms with Crippen molar-refractivity contribution in [3.8, 4) is 0 Å². The molecule has 1 aliphatic carbocycles. The van der Waals surface area contributed by atoms with Gasteiger partial charge >= 0.3 is 0 Å². The smallest absolute Gasteiger partial charge is 0.242 e. The highest BCUT2D eigenvalue weighted by Crippen LogP contribution is 2.29. The largest absolute Gasteiger partial charge is 0.363 e. The molecule has 1 heterocycles. The van der Waals surface area contributed by atoms with Crippen LogP contribution in [0.3, 0.4) is 0 Å². The van der Waals surface area contributed by atoms with Crippen molar-refractivity contribution in [2.45, 2.75) is 69.4 Å². The van der Waals surface area contributed by atoms with E-state index in [1.54, 1.807) is 12.3 Å². The van der Waals surface area contributed by atoms with Crippen LogP contribution in [0.25, 0.3) is 0 Å². The quantitative estimate of drug-likeness (QED) is 0.677. The molecule has 0 unspecified atom stereocenters. The van der Waals surface area contributed by atoms with Gasteiger partial charge in [-0.05, 0) is 38.8 Å². The van der Waals surface area contributed by atoms with E-state index in [0.717, 1.165) is 44.3 Å². The Morgan fingerprint density at radius 1 is 1.29 bits per heavy atom. The number of H-pyrrole nitrogens is 1. The van der Waals surface area contributed by atoms with Gasteiger partial charge in [-0.15, -0.1) is 0 Å². The van der Waals surface area contributed by atoms with Gasteiger partial charge in [0.1, 0.15) is 0 Å². The van der Waals surface area contributed by atoms with Gasteiger partial charge in [-0.3, -0.25) is 0 Å². The number of rotatable bonds is 7. The van der Waals surface area contributed by atoms with E-state index in [1.165, 1.54) is 6.42 Å². The van der Waals surface area contributed by atoms with Gasteiger partial charge in [-0.2, -0.15) is 0 Å². The van der Waals surface area contributed by atoms with E-state index in [-0.39, 0.29) is 5.54 Å². The zero-order valence-electron chi connectivity index (χ0n) is 13.0. The summed E-state index contributed by atoms with van der Waals surface area (Å²) in [7, 11) is -3.44. The Morgan fingerprint density at radius 3 is 2.67 bits per heavy atom. The van der Waals surface area contributed by atoms with Crippen LogP contribution in [0.2, 0.25) is 0 Å². The van der Waals surface area contributed by atoms with E-state index in [4.69, 9.17) is 0 Å². The van der Waals surface area contributed by atoms with E-state index < -0.39 is 10.0 Å². The standard InChI is InChI=1S/C15H27N3O2S/c1-3-9-16-11-13-10-14(12-17-13)21(19,20)18-15(2)7-5-4-6-8-15/h10,12,16-18H,3-9,11H2,1-2H3. The van der Waals surface area contributed by atoms with Crippen molar-refractivity contribution in [2.75, 3.05) is 6.54 Å². The molecule has 0 atom stereocenters. The number of nitrogens with one attached hydrogen (secondary N) is 3. The lowest BCUT2D eigenvalue weighted by Gasteiger charge is -2.33. The van der Waals surface area contributed by atoms with Crippen molar-refractivity contribution in [1.82, 2.24) is 15.0 Å². The lowest BCUT2D eigenvalue weighted by atomic mass is 9.84. The molecule has 0 aliphatic heterocycles. The molecule has 0 spiro atoms. The van der Waals surface area contributed by atoms with Crippen molar-refractivity contribution in [3.63, 3.8) is 0 Å². The first-order valence-corrected chi connectivity index (χ1v) is 9.35. The summed E-state index contributed by atoms with van der Waals surface area (Å²) in [4.78, 5) is 3.37. The minimum atomic E-state index is -3.44. The van der Waals surface area contributed by atoms with Crippen LogP contribution in [0.4, 0.5) is 0 Å². The molecule has 6 heteroatoms. The molecule has 1 saturated carbocycles. The van der Waals surface area contributed by atoms with Crippen LogP contribution in [0.5, 0.6) is 0 Å². The predicted molar refractivity (Wildman–Crippen MR) is 84.6 cm³/mol. The molecule has 120 valence electrons. The van der Waals surface area contributed by atoms with Crippen LogP contribution in [-0.2, 0) is 16.6 Å². The Kier molecular flexibility index (Phi) is 5.46. The second-order valence-electron chi connectivity index (χ2n) is 6.26. The van der Waals surface area contributed by atoms with Crippen molar-refractivity contribution in [2.24, 2.45) is 0 Å². The van der Waals surface area contributed by atoms with Crippen molar-refractivity contribution in [1.29, 1.82) is 0 Å². The normalized spacial score (nSPS) is 18.8. The Bertz CT molecular complexity index is 545. The van der Waals surface area contributed by atoms with E-state index in [9.17, 15) is 8.42 Å². The molecule has 2 rings (SSSR count). The zero-order chi connectivity index (χ0) is 15.3. The van der Waals surface area contributed by atoms with Crippen molar-refractivity contribution >= 4 is 10.0 Å². The third kappa shape index (κ3) is 4.56. The highest BCUT2D eigenvalue weighted by atomic mass is 32.2. The third-order valence-corrected chi connectivity index (χ3v) is 5.72. The molecule has 3 N–H and O–H groups in total. The lowest BCUT2D eigenvalue weighted by Crippen LogP contribution is -2.46. The number of hydrogen-bond acceptors (Lipinski definition) is 3. The Labute approximate surface area is 128 Å². The van der Waals surface area contributed by atoms with Gasteiger partial charge in [0, 0.05) is 24.0 Å². The molecular weight excluding hydrogens is 286 g/mol. The summed E-state index contributed by atoms with van der Waals surface area (Å²) >= 11 is 0. The summed E-state index contributed by atoms with van der Waals surface area (Å²) in [5, 5.41) is 3.26. The minimum Gasteiger partial charge on any atom is -0.363 e. The van der Waals surface area contributed by atoms with E-state index in [2.05, 4.69) is 21.9 Å². The van der Waals surface area contributed by atoms with Gasteiger partial charge in [0.2, 0.25) is 10.0 Å². The number of aromatic nitrogens is 1. The highest BCUT2D eigenvalue weighted by molar-refractivity contribution is 7.89. The molecule has 0 aromatic carbocycles. The first kappa shape index (κ1) is 16.5. The van der Waals surface area contributed by atoms with Crippen LogP contribution in [0, 0.1) is 0 Å². The first-order chi connectivity index (χ1) is 9.95. The Morgan fingerprint density at radius 2 is 2.00 bits per heavy atom. The molecule has 5 nitrogen and oxygen atoms in total. The van der Waals surface area contributed by atoms with Crippen LogP contribution in [0.15, 0.2) is 17.2 Å². The summed E-state index contributed by atoms with van der Waals surface area (Å²) in [6, 6.07) is 1.72. The highest BCUT2D eigenvalue weighted by Gasteiger charge is 2.32. The van der Waals surface area contributed by atoms with E-state index in [1.807, 2.05) is 6.92 Å². The van der Waals surface area contributed by atoms with Gasteiger partial charge in [0.05, 0.1) is 4.90 Å². The van der Waals surface area contributed by atoms with Crippen LogP contribution in [-0.4, -0.2) is 25.5 Å². The molecule has 1 fully saturated rings. The molecule has 0 amide bonds. The molecule has 0 bridgehead atoms. The second-order valence-corrected chi connectivity index (χ2v) is 7.95. The summed E-state index contributed by atoms with van der Waals surface area (Å²) in [6.45, 7) is 5.71. The summed E-state index contributed by atoms with van der Waals surface area (Å²) in [6.07, 6.45) is 7.87. The fraction of sp³-hybridized carbons (Fsp3) is 0.733. The molecule has 0 radical (unpaired) electrons. The SMILES string of the molecule is CCCNCc1cc(S(=O)(=O)NC2(C)CCCCC2)c[nH]1. The maximum atomic E-state index is 12.5. The average Bonchev–Trinajstić information content (AvgIpc) is 2.88. The van der Waals surface area contributed by atoms with Gasteiger partial charge in [0.25, 0.3) is 0 Å². The predicted octanol–water partition coefficient (Wildman–Crippen LogP) is 2.52. The second kappa shape index (κ2) is 6.94. The summed E-state index contributed by atoms with van der Waals surface area (Å²) in [5.41, 5.74) is 0.604. The molecule has 0 saturated heterocycles. The number of hydrogen-bond donors (Lipinski definition) is 3. The molecule has 1 aliphatic rings. The summed E-state index contributed by atoms with van der Waals surface area (Å²) < 4.78 is 27.9. The topological polar surface area (TPSA) is 74.0 Å². The van der Waals surface area contributed by atoms with Gasteiger partial charge in [-0.25, -0.2) is 13.1 Å². The van der Waals surface area contributed by atoms with E-state index >= 15 is 0 Å². The van der Waals surface area contributed by atoms with Crippen LogP contribution < -0.4 is 10.0 Å². The Hall–Kier alpha value is -0.850. The van der Waals surface area contributed by atoms with Gasteiger partial charge in [0.15, 0.2) is 0 Å². The molecule has 1 aromatic heterocycles. The first-order valence-electron chi connectivity index (χ1n) is 7.87. The molecule has 21 heavy (non-hydrogen) atoms. The summed E-state index contributed by atoms with van der Waals surface area (Å²) in [5.74, 6) is 0. The monoisotopic (exact) mass is 313 g/mol.